The zero-order chi connectivity index (χ0) is 20.5. The van der Waals surface area contributed by atoms with Crippen LogP contribution < -0.4 is 5.32 Å². The molecule has 0 bridgehead atoms. The molecule has 30 heavy (non-hydrogen) atoms. The SMILES string of the molecule is Clc1cccc(Sc2nc3cc4ccccc4cc3nc2Nc2ccc(Br)cc2)c1. The summed E-state index contributed by atoms with van der Waals surface area (Å²) in [5.74, 6) is 0.713. The Morgan fingerprint density at radius 1 is 0.767 bits per heavy atom. The molecule has 0 spiro atoms. The Hall–Kier alpha value is -2.60. The molecule has 0 fully saturated rings. The second-order valence-electron chi connectivity index (χ2n) is 6.76. The standard InChI is InChI=1S/C24H15BrClN3S/c25-17-8-10-19(11-9-17)27-23-24(30-20-7-3-6-18(26)14-20)29-22-13-16-5-2-1-4-15(16)12-21(22)28-23/h1-14H,(H,27,28). The summed E-state index contributed by atoms with van der Waals surface area (Å²) in [5, 5.41) is 7.21. The Morgan fingerprint density at radius 2 is 1.47 bits per heavy atom. The first-order valence-corrected chi connectivity index (χ1v) is 11.3. The van der Waals surface area contributed by atoms with E-state index in [9.17, 15) is 0 Å². The number of aromatic nitrogens is 2. The molecule has 0 amide bonds. The third-order valence-electron chi connectivity index (χ3n) is 4.62. The molecule has 3 nitrogen and oxygen atoms in total. The maximum atomic E-state index is 6.19. The lowest BCUT2D eigenvalue weighted by Gasteiger charge is -2.12. The van der Waals surface area contributed by atoms with Gasteiger partial charge in [0.05, 0.1) is 11.0 Å². The Bertz CT molecular complexity index is 1370. The van der Waals surface area contributed by atoms with Gasteiger partial charge in [0.15, 0.2) is 5.82 Å². The van der Waals surface area contributed by atoms with Crippen LogP contribution in [0.25, 0.3) is 21.8 Å². The fourth-order valence-electron chi connectivity index (χ4n) is 3.19. The van der Waals surface area contributed by atoms with E-state index in [0.717, 1.165) is 41.9 Å². The molecule has 0 unspecified atom stereocenters. The van der Waals surface area contributed by atoms with Gasteiger partial charge in [-0.25, -0.2) is 9.97 Å². The van der Waals surface area contributed by atoms with Crippen molar-refractivity contribution in [3.63, 3.8) is 0 Å². The molecule has 1 aromatic heterocycles. The first-order valence-electron chi connectivity index (χ1n) is 9.31. The van der Waals surface area contributed by atoms with Gasteiger partial charge in [-0.3, -0.25) is 0 Å². The van der Waals surface area contributed by atoms with Gasteiger partial charge in [0.1, 0.15) is 5.03 Å². The van der Waals surface area contributed by atoms with E-state index in [1.165, 1.54) is 0 Å². The molecule has 0 aliphatic heterocycles. The minimum absolute atomic E-state index is 0.696. The average molecular weight is 493 g/mol. The normalized spacial score (nSPS) is 11.1. The molecule has 0 aliphatic rings. The number of rotatable bonds is 4. The summed E-state index contributed by atoms with van der Waals surface area (Å²) in [6.45, 7) is 0. The number of anilines is 2. The van der Waals surface area contributed by atoms with Crippen molar-refractivity contribution in [2.45, 2.75) is 9.92 Å². The molecule has 0 aliphatic carbocycles. The van der Waals surface area contributed by atoms with Crippen LogP contribution >= 0.6 is 39.3 Å². The number of fused-ring (bicyclic) bond motifs is 2. The lowest BCUT2D eigenvalue weighted by Crippen LogP contribution is -1.99. The monoisotopic (exact) mass is 491 g/mol. The van der Waals surface area contributed by atoms with Gasteiger partial charge in [-0.1, -0.05) is 69.6 Å². The zero-order valence-electron chi connectivity index (χ0n) is 15.6. The molecule has 6 heteroatoms. The first-order chi connectivity index (χ1) is 14.6. The van der Waals surface area contributed by atoms with Gasteiger partial charge >= 0.3 is 0 Å². The quantitative estimate of drug-likeness (QED) is 0.257. The fourth-order valence-corrected chi connectivity index (χ4v) is 4.60. The van der Waals surface area contributed by atoms with Crippen LogP contribution in [0.4, 0.5) is 11.5 Å². The second-order valence-corrected chi connectivity index (χ2v) is 9.17. The second kappa shape index (κ2) is 8.26. The van der Waals surface area contributed by atoms with Crippen molar-refractivity contribution in [1.82, 2.24) is 9.97 Å². The molecule has 1 heterocycles. The van der Waals surface area contributed by atoms with Crippen LogP contribution in [0.15, 0.2) is 99.3 Å². The van der Waals surface area contributed by atoms with Crippen molar-refractivity contribution >= 4 is 72.6 Å². The summed E-state index contributed by atoms with van der Waals surface area (Å²) in [6, 6.07) is 28.2. The summed E-state index contributed by atoms with van der Waals surface area (Å²) in [7, 11) is 0. The third-order valence-corrected chi connectivity index (χ3v) is 6.35. The molecule has 4 aromatic carbocycles. The Morgan fingerprint density at radius 3 is 2.17 bits per heavy atom. The minimum atomic E-state index is 0.696. The van der Waals surface area contributed by atoms with Crippen molar-refractivity contribution in [2.75, 3.05) is 5.32 Å². The van der Waals surface area contributed by atoms with E-state index in [0.29, 0.717) is 10.8 Å². The highest BCUT2D eigenvalue weighted by atomic mass is 79.9. The van der Waals surface area contributed by atoms with E-state index in [4.69, 9.17) is 21.6 Å². The molecular formula is C24H15BrClN3S. The summed E-state index contributed by atoms with van der Waals surface area (Å²) in [5.41, 5.74) is 2.66. The molecule has 1 N–H and O–H groups in total. The predicted molar refractivity (Wildman–Crippen MR) is 130 cm³/mol. The fraction of sp³-hybridized carbons (Fsp3) is 0. The van der Waals surface area contributed by atoms with Crippen LogP contribution in [-0.2, 0) is 0 Å². The van der Waals surface area contributed by atoms with E-state index in [-0.39, 0.29) is 0 Å². The first kappa shape index (κ1) is 19.4. The smallest absolute Gasteiger partial charge is 0.164 e. The Balaban J connectivity index is 1.64. The maximum absolute atomic E-state index is 6.19. The number of hydrogen-bond acceptors (Lipinski definition) is 4. The molecule has 5 rings (SSSR count). The third kappa shape index (κ3) is 4.15. The van der Waals surface area contributed by atoms with E-state index >= 15 is 0 Å². The molecule has 5 aromatic rings. The molecule has 0 saturated heterocycles. The number of halogens is 2. The van der Waals surface area contributed by atoms with Crippen LogP contribution in [0, 0.1) is 0 Å². The van der Waals surface area contributed by atoms with Gasteiger partial charge in [0, 0.05) is 20.1 Å². The van der Waals surface area contributed by atoms with Crippen molar-refractivity contribution < 1.29 is 0 Å². The molecular weight excluding hydrogens is 478 g/mol. The number of nitrogens with zero attached hydrogens (tertiary/aromatic N) is 2. The van der Waals surface area contributed by atoms with Gasteiger partial charge in [0.2, 0.25) is 0 Å². The summed E-state index contributed by atoms with van der Waals surface area (Å²) in [4.78, 5) is 10.9. The van der Waals surface area contributed by atoms with Crippen LogP contribution in [0.3, 0.4) is 0 Å². The highest BCUT2D eigenvalue weighted by Gasteiger charge is 2.12. The van der Waals surface area contributed by atoms with Gasteiger partial charge < -0.3 is 5.32 Å². The summed E-state index contributed by atoms with van der Waals surface area (Å²) >= 11 is 11.2. The van der Waals surface area contributed by atoms with Crippen LogP contribution in [-0.4, -0.2) is 9.97 Å². The van der Waals surface area contributed by atoms with Crippen LogP contribution in [0.5, 0.6) is 0 Å². The number of hydrogen-bond donors (Lipinski definition) is 1. The van der Waals surface area contributed by atoms with Crippen molar-refractivity contribution in [3.05, 3.63) is 94.4 Å². The average Bonchev–Trinajstić information content (AvgIpc) is 2.74. The topological polar surface area (TPSA) is 37.8 Å². The molecule has 0 atom stereocenters. The highest BCUT2D eigenvalue weighted by molar-refractivity contribution is 9.10. The zero-order valence-corrected chi connectivity index (χ0v) is 18.8. The van der Waals surface area contributed by atoms with Crippen LogP contribution in [0.2, 0.25) is 5.02 Å². The Kier molecular flexibility index (Phi) is 5.34. The van der Waals surface area contributed by atoms with Crippen molar-refractivity contribution in [2.24, 2.45) is 0 Å². The molecule has 0 radical (unpaired) electrons. The van der Waals surface area contributed by atoms with E-state index in [2.05, 4.69) is 45.5 Å². The predicted octanol–water partition coefficient (Wildman–Crippen LogP) is 8.09. The minimum Gasteiger partial charge on any atom is -0.338 e. The van der Waals surface area contributed by atoms with E-state index in [1.54, 1.807) is 11.8 Å². The molecule has 0 saturated carbocycles. The van der Waals surface area contributed by atoms with E-state index < -0.39 is 0 Å². The lowest BCUT2D eigenvalue weighted by molar-refractivity contribution is 1.12. The van der Waals surface area contributed by atoms with Gasteiger partial charge in [-0.15, -0.1) is 0 Å². The summed E-state index contributed by atoms with van der Waals surface area (Å²) < 4.78 is 1.03. The largest absolute Gasteiger partial charge is 0.338 e. The molecule has 146 valence electrons. The van der Waals surface area contributed by atoms with Crippen molar-refractivity contribution in [1.29, 1.82) is 0 Å². The van der Waals surface area contributed by atoms with Gasteiger partial charge in [0.25, 0.3) is 0 Å². The highest BCUT2D eigenvalue weighted by Crippen LogP contribution is 2.35. The Labute approximate surface area is 191 Å². The van der Waals surface area contributed by atoms with Gasteiger partial charge in [-0.05, 0) is 65.4 Å². The van der Waals surface area contributed by atoms with E-state index in [1.807, 2.05) is 60.7 Å². The van der Waals surface area contributed by atoms with Gasteiger partial charge in [-0.2, -0.15) is 0 Å². The number of nitrogens with one attached hydrogen (secondary N) is 1. The maximum Gasteiger partial charge on any atom is 0.164 e. The summed E-state index contributed by atoms with van der Waals surface area (Å²) in [6.07, 6.45) is 0. The number of benzene rings is 4. The lowest BCUT2D eigenvalue weighted by atomic mass is 10.1. The van der Waals surface area contributed by atoms with Crippen LogP contribution in [0.1, 0.15) is 0 Å². The van der Waals surface area contributed by atoms with Crippen molar-refractivity contribution in [3.8, 4) is 0 Å².